The summed E-state index contributed by atoms with van der Waals surface area (Å²) in [6.45, 7) is 3.72. The van der Waals surface area contributed by atoms with Crippen LogP contribution < -0.4 is 5.32 Å². The van der Waals surface area contributed by atoms with Gasteiger partial charge >= 0.3 is 0 Å². The second-order valence-electron chi connectivity index (χ2n) is 21.5. The number of ether oxygens (including phenoxy) is 2. The molecule has 0 aromatic heterocycles. The summed E-state index contributed by atoms with van der Waals surface area (Å²) >= 11 is 0. The van der Waals surface area contributed by atoms with Crippen LogP contribution in [-0.2, 0) is 14.3 Å². The molecule has 9 heteroatoms. The van der Waals surface area contributed by atoms with Gasteiger partial charge in [-0.3, -0.25) is 4.79 Å². The van der Waals surface area contributed by atoms with Gasteiger partial charge in [-0.05, 0) is 89.9 Å². The number of nitrogens with one attached hydrogen (secondary N) is 1. The van der Waals surface area contributed by atoms with Crippen LogP contribution in [0.2, 0.25) is 0 Å². The molecule has 0 aliphatic carbocycles. The summed E-state index contributed by atoms with van der Waals surface area (Å²) in [5.74, 6) is -0.156. The van der Waals surface area contributed by atoms with Gasteiger partial charge in [0, 0.05) is 6.42 Å². The molecule has 0 spiro atoms. The van der Waals surface area contributed by atoms with Crippen LogP contribution in [0.4, 0.5) is 0 Å². The van der Waals surface area contributed by atoms with Crippen LogP contribution in [0.3, 0.4) is 0 Å². The topological polar surface area (TPSA) is 149 Å². The molecule has 78 heavy (non-hydrogen) atoms. The lowest BCUT2D eigenvalue weighted by Crippen LogP contribution is -2.60. The van der Waals surface area contributed by atoms with E-state index in [1.807, 2.05) is 0 Å². The molecule has 0 bridgehead atoms. The van der Waals surface area contributed by atoms with E-state index in [1.54, 1.807) is 0 Å². The van der Waals surface area contributed by atoms with Gasteiger partial charge in [0.1, 0.15) is 24.4 Å². The van der Waals surface area contributed by atoms with Crippen molar-refractivity contribution in [1.82, 2.24) is 5.32 Å². The van der Waals surface area contributed by atoms with Gasteiger partial charge in [-0.2, -0.15) is 0 Å². The Morgan fingerprint density at radius 3 is 1.18 bits per heavy atom. The van der Waals surface area contributed by atoms with Crippen LogP contribution in [0, 0.1) is 0 Å². The average Bonchev–Trinajstić information content (AvgIpc) is 3.45. The summed E-state index contributed by atoms with van der Waals surface area (Å²) in [4.78, 5) is 13.1. The van der Waals surface area contributed by atoms with E-state index in [4.69, 9.17) is 9.47 Å². The van der Waals surface area contributed by atoms with Gasteiger partial charge in [0.25, 0.3) is 0 Å². The van der Waals surface area contributed by atoms with E-state index in [-0.39, 0.29) is 12.5 Å². The first kappa shape index (κ1) is 72.6. The highest BCUT2D eigenvalue weighted by Crippen LogP contribution is 2.23. The minimum absolute atomic E-state index is 0.147. The predicted octanol–water partition coefficient (Wildman–Crippen LogP) is 16.7. The Bertz CT molecular complexity index is 1640. The van der Waals surface area contributed by atoms with Crippen LogP contribution in [0.15, 0.2) is 122 Å². The summed E-state index contributed by atoms with van der Waals surface area (Å²) in [5, 5.41) is 54.7. The van der Waals surface area contributed by atoms with Crippen LogP contribution in [0.25, 0.3) is 0 Å². The third kappa shape index (κ3) is 45.3. The van der Waals surface area contributed by atoms with E-state index in [0.717, 1.165) is 116 Å². The lowest BCUT2D eigenvalue weighted by Gasteiger charge is -2.40. The highest BCUT2D eigenvalue weighted by molar-refractivity contribution is 5.76. The van der Waals surface area contributed by atoms with Crippen molar-refractivity contribution in [2.45, 2.75) is 294 Å². The quantitative estimate of drug-likeness (QED) is 0.0261. The van der Waals surface area contributed by atoms with Crippen molar-refractivity contribution in [2.24, 2.45) is 0 Å². The number of amides is 1. The fraction of sp³-hybridized carbons (Fsp3) is 0.696. The molecule has 1 heterocycles. The Morgan fingerprint density at radius 2 is 0.795 bits per heavy atom. The number of unbranched alkanes of at least 4 members (excludes halogenated alkanes) is 23. The predicted molar refractivity (Wildman–Crippen MR) is 331 cm³/mol. The number of hydrogen-bond donors (Lipinski definition) is 6. The monoisotopic (exact) mass is 1090 g/mol. The lowest BCUT2D eigenvalue weighted by atomic mass is 9.99. The number of hydrogen-bond acceptors (Lipinski definition) is 8. The Hall–Kier alpha value is -3.41. The maximum atomic E-state index is 13.1. The normalized spacial score (nSPS) is 19.5. The van der Waals surface area contributed by atoms with Gasteiger partial charge in [-0.25, -0.2) is 0 Å². The molecule has 6 N–H and O–H groups in total. The molecular weight excluding hydrogens is 971 g/mol. The van der Waals surface area contributed by atoms with Gasteiger partial charge in [0.05, 0.1) is 25.4 Å². The first-order chi connectivity index (χ1) is 38.3. The largest absolute Gasteiger partial charge is 0.394 e. The summed E-state index contributed by atoms with van der Waals surface area (Å²) < 4.78 is 11.3. The summed E-state index contributed by atoms with van der Waals surface area (Å²) in [6, 6.07) is -0.732. The number of aliphatic hydroxyl groups excluding tert-OH is 5. The maximum absolute atomic E-state index is 13.1. The van der Waals surface area contributed by atoms with Crippen LogP contribution >= 0.6 is 0 Å². The van der Waals surface area contributed by atoms with E-state index >= 15 is 0 Å². The number of carbonyl (C=O) groups excluding carboxylic acids is 1. The van der Waals surface area contributed by atoms with Crippen molar-refractivity contribution < 1.29 is 39.8 Å². The molecule has 0 aromatic rings. The molecule has 1 aliphatic heterocycles. The van der Waals surface area contributed by atoms with Crippen LogP contribution in [0.5, 0.6) is 0 Å². The summed E-state index contributed by atoms with van der Waals surface area (Å²) in [6.07, 6.45) is 78.0. The smallest absolute Gasteiger partial charge is 0.220 e. The third-order valence-corrected chi connectivity index (χ3v) is 14.3. The molecule has 1 aliphatic rings. The fourth-order valence-electron chi connectivity index (χ4n) is 9.37. The molecule has 0 saturated carbocycles. The zero-order valence-corrected chi connectivity index (χ0v) is 49.6. The second kappa shape index (κ2) is 56.8. The molecule has 7 atom stereocenters. The van der Waals surface area contributed by atoms with Crippen molar-refractivity contribution in [3.63, 3.8) is 0 Å². The zero-order chi connectivity index (χ0) is 56.5. The van der Waals surface area contributed by atoms with Crippen molar-refractivity contribution in [3.05, 3.63) is 122 Å². The molecular formula is C69H117NO8. The van der Waals surface area contributed by atoms with Gasteiger partial charge in [-0.15, -0.1) is 0 Å². The minimum Gasteiger partial charge on any atom is -0.394 e. The second-order valence-corrected chi connectivity index (χ2v) is 21.5. The van der Waals surface area contributed by atoms with E-state index < -0.39 is 49.5 Å². The average molecular weight is 1090 g/mol. The number of carbonyl (C=O) groups is 1. The van der Waals surface area contributed by atoms with Crippen molar-refractivity contribution in [1.29, 1.82) is 0 Å². The first-order valence-corrected chi connectivity index (χ1v) is 31.7. The highest BCUT2D eigenvalue weighted by atomic mass is 16.7. The summed E-state index contributed by atoms with van der Waals surface area (Å²) in [7, 11) is 0. The molecule has 1 rings (SSSR count). The van der Waals surface area contributed by atoms with E-state index in [9.17, 15) is 30.3 Å². The van der Waals surface area contributed by atoms with Crippen LogP contribution in [0.1, 0.15) is 251 Å². The lowest BCUT2D eigenvalue weighted by molar-refractivity contribution is -0.302. The van der Waals surface area contributed by atoms with Gasteiger partial charge in [0.15, 0.2) is 6.29 Å². The first-order valence-electron chi connectivity index (χ1n) is 31.7. The molecule has 0 radical (unpaired) electrons. The van der Waals surface area contributed by atoms with Crippen molar-refractivity contribution in [2.75, 3.05) is 13.2 Å². The van der Waals surface area contributed by atoms with Gasteiger partial charge in [-0.1, -0.05) is 277 Å². The highest BCUT2D eigenvalue weighted by Gasteiger charge is 2.44. The summed E-state index contributed by atoms with van der Waals surface area (Å²) in [5.41, 5.74) is 0. The maximum Gasteiger partial charge on any atom is 0.220 e. The molecule has 9 nitrogen and oxygen atoms in total. The van der Waals surface area contributed by atoms with Gasteiger partial charge in [0.2, 0.25) is 5.91 Å². The number of aliphatic hydroxyl groups is 5. The van der Waals surface area contributed by atoms with Crippen molar-refractivity contribution in [3.8, 4) is 0 Å². The minimum atomic E-state index is -1.56. The molecule has 1 saturated heterocycles. The Labute approximate surface area is 478 Å². The molecule has 7 unspecified atom stereocenters. The molecule has 1 amide bonds. The zero-order valence-electron chi connectivity index (χ0n) is 49.6. The van der Waals surface area contributed by atoms with Gasteiger partial charge < -0.3 is 40.3 Å². The molecule has 1 fully saturated rings. The van der Waals surface area contributed by atoms with Crippen LogP contribution in [-0.4, -0.2) is 87.5 Å². The molecule has 446 valence electrons. The van der Waals surface area contributed by atoms with E-state index in [2.05, 4.69) is 141 Å². The number of rotatable bonds is 53. The number of allylic oxidation sites excluding steroid dienone is 20. The Morgan fingerprint density at radius 1 is 0.449 bits per heavy atom. The Kier molecular flexibility index (Phi) is 52.9. The third-order valence-electron chi connectivity index (χ3n) is 14.3. The Balaban J connectivity index is 2.15. The van der Waals surface area contributed by atoms with E-state index in [1.165, 1.54) is 109 Å². The standard InChI is InChI=1S/C69H117NO8/c1-3-5-7-9-11-13-15-17-19-21-22-23-24-25-26-27-28-29-30-31-32-33-34-35-36-37-38-39-40-41-42-43-45-47-49-51-53-55-57-59-65(73)70-62(61-77-69-68(76)67(75)66(74)64(60-71)78-69)63(72)58-56-54-52-50-48-46-44-20-18-16-14-12-10-8-6-4-2/h5,7,11,13,17,19,22-23,25-26,28-29,31-32,34-35,37-38,40-41,62-64,66-69,71-72,74-76H,3-4,6,8-10,12,14-16,18,20-21,24,27,30,33,36,39,42-61H2,1-2H3,(H,70,73)/b7-5-,13-11-,19-17-,23-22-,26-25-,29-28-,32-31-,35-34-,38-37-,41-40-. The fourth-order valence-corrected chi connectivity index (χ4v) is 9.37. The SMILES string of the molecule is CC/C=C\C/C=C\C/C=C\C/C=C\C/C=C\C/C=C\C/C=C\C/C=C\C/C=C\C/C=C\CCCCCCCCCCC(=O)NC(COC1OC(CO)C(O)C(O)C1O)C(O)CCCCCCCCCCCCCCCCCC. The van der Waals surface area contributed by atoms with E-state index in [0.29, 0.717) is 12.8 Å². The van der Waals surface area contributed by atoms with Crippen molar-refractivity contribution >= 4 is 5.91 Å². The molecule has 0 aromatic carbocycles.